The van der Waals surface area contributed by atoms with E-state index in [1.807, 2.05) is 0 Å². The molecule has 0 saturated heterocycles. The molecule has 0 nitrogen and oxygen atoms in total. The number of hydrogen-bond donors (Lipinski definition) is 0. The van der Waals surface area contributed by atoms with Gasteiger partial charge in [0.25, 0.3) is 0 Å². The SMILES string of the molecule is CCC1=CC=CC1.CCC1=CC=CC1.[H-].[H-].[W+2]. The van der Waals surface area contributed by atoms with Crippen molar-refractivity contribution in [3.63, 3.8) is 0 Å². The summed E-state index contributed by atoms with van der Waals surface area (Å²) in [7, 11) is 0. The van der Waals surface area contributed by atoms with Crippen molar-refractivity contribution in [1.29, 1.82) is 0 Å². The van der Waals surface area contributed by atoms with Crippen molar-refractivity contribution in [3.05, 3.63) is 47.6 Å². The Labute approximate surface area is 111 Å². The van der Waals surface area contributed by atoms with Crippen LogP contribution in [-0.4, -0.2) is 0 Å². The summed E-state index contributed by atoms with van der Waals surface area (Å²) in [6.07, 6.45) is 17.8. The number of allylic oxidation sites excluding steroid dienone is 8. The molecule has 0 spiro atoms. The summed E-state index contributed by atoms with van der Waals surface area (Å²) < 4.78 is 0. The van der Waals surface area contributed by atoms with Crippen molar-refractivity contribution < 1.29 is 23.9 Å². The van der Waals surface area contributed by atoms with Crippen LogP contribution >= 0.6 is 0 Å². The second-order valence-electron chi connectivity index (χ2n) is 3.62. The Morgan fingerprint density at radius 1 is 0.933 bits per heavy atom. The molecule has 0 radical (unpaired) electrons. The largest absolute Gasteiger partial charge is 2.00 e. The van der Waals surface area contributed by atoms with Crippen LogP contribution in [0.3, 0.4) is 0 Å². The van der Waals surface area contributed by atoms with Crippen molar-refractivity contribution in [2.45, 2.75) is 39.5 Å². The van der Waals surface area contributed by atoms with E-state index in [-0.39, 0.29) is 23.9 Å². The molecule has 2 aliphatic carbocycles. The summed E-state index contributed by atoms with van der Waals surface area (Å²) in [6, 6.07) is 0. The maximum Gasteiger partial charge on any atom is 2.00 e. The summed E-state index contributed by atoms with van der Waals surface area (Å²) >= 11 is 0. The zero-order valence-electron chi connectivity index (χ0n) is 11.7. The van der Waals surface area contributed by atoms with Gasteiger partial charge in [-0.1, -0.05) is 61.4 Å². The molecule has 0 aromatic carbocycles. The Bertz CT molecular complexity index is 259. The third-order valence-corrected chi connectivity index (χ3v) is 2.60. The van der Waals surface area contributed by atoms with Crippen LogP contribution in [0.15, 0.2) is 47.6 Å². The maximum absolute atomic E-state index is 2.19. The minimum absolute atomic E-state index is 0. The van der Waals surface area contributed by atoms with Gasteiger partial charge in [0.15, 0.2) is 0 Å². The van der Waals surface area contributed by atoms with Gasteiger partial charge in [-0.3, -0.25) is 0 Å². The fraction of sp³-hybridized carbons (Fsp3) is 0.429. The molecule has 0 amide bonds. The van der Waals surface area contributed by atoms with Gasteiger partial charge in [0, 0.05) is 0 Å². The summed E-state index contributed by atoms with van der Waals surface area (Å²) in [4.78, 5) is 0. The van der Waals surface area contributed by atoms with Crippen LogP contribution in [0, 0.1) is 0 Å². The Kier molecular flexibility index (Phi) is 8.71. The van der Waals surface area contributed by atoms with E-state index >= 15 is 0 Å². The van der Waals surface area contributed by atoms with Gasteiger partial charge in [-0.05, 0) is 25.7 Å². The molecule has 15 heavy (non-hydrogen) atoms. The van der Waals surface area contributed by atoms with Crippen LogP contribution in [0.1, 0.15) is 42.4 Å². The molecule has 0 atom stereocenters. The summed E-state index contributed by atoms with van der Waals surface area (Å²) in [6.45, 7) is 4.39. The van der Waals surface area contributed by atoms with E-state index in [1.165, 1.54) is 25.7 Å². The molecule has 0 bridgehead atoms. The van der Waals surface area contributed by atoms with Gasteiger partial charge in [-0.25, -0.2) is 0 Å². The first-order chi connectivity index (χ1) is 6.86. The van der Waals surface area contributed by atoms with Crippen LogP contribution in [-0.2, 0) is 21.1 Å². The van der Waals surface area contributed by atoms with Crippen LogP contribution in [0.25, 0.3) is 0 Å². The molecule has 2 rings (SSSR count). The molecule has 1 heteroatoms. The van der Waals surface area contributed by atoms with E-state index in [1.54, 1.807) is 11.1 Å². The molecule has 84 valence electrons. The topological polar surface area (TPSA) is 0 Å². The monoisotopic (exact) mass is 374 g/mol. The van der Waals surface area contributed by atoms with E-state index < -0.39 is 0 Å². The fourth-order valence-corrected chi connectivity index (χ4v) is 1.51. The van der Waals surface area contributed by atoms with Gasteiger partial charge < -0.3 is 2.85 Å². The van der Waals surface area contributed by atoms with Crippen molar-refractivity contribution in [2.75, 3.05) is 0 Å². The van der Waals surface area contributed by atoms with E-state index in [0.717, 1.165) is 0 Å². The average molecular weight is 374 g/mol. The van der Waals surface area contributed by atoms with Crippen molar-refractivity contribution >= 4 is 0 Å². The van der Waals surface area contributed by atoms with E-state index in [4.69, 9.17) is 0 Å². The van der Waals surface area contributed by atoms with Crippen LogP contribution < -0.4 is 0 Å². The Balaban J connectivity index is -0.000000196. The predicted octanol–water partition coefficient (Wildman–Crippen LogP) is 4.79. The summed E-state index contributed by atoms with van der Waals surface area (Å²) in [5.41, 5.74) is 3.11. The third-order valence-electron chi connectivity index (χ3n) is 2.60. The first kappa shape index (κ1) is 14.6. The molecular weight excluding hydrogens is 352 g/mol. The maximum atomic E-state index is 2.19. The van der Waals surface area contributed by atoms with Crippen molar-refractivity contribution in [1.82, 2.24) is 0 Å². The van der Waals surface area contributed by atoms with Gasteiger partial charge in [-0.15, -0.1) is 0 Å². The van der Waals surface area contributed by atoms with Crippen LogP contribution in [0.2, 0.25) is 0 Å². The van der Waals surface area contributed by atoms with Crippen molar-refractivity contribution in [2.24, 2.45) is 0 Å². The van der Waals surface area contributed by atoms with Gasteiger partial charge in [0.2, 0.25) is 0 Å². The Morgan fingerprint density at radius 3 is 1.47 bits per heavy atom. The minimum atomic E-state index is 0. The molecule has 0 heterocycles. The zero-order valence-corrected chi connectivity index (χ0v) is 12.6. The molecular formula is C14H22W. The summed E-state index contributed by atoms with van der Waals surface area (Å²) in [5.74, 6) is 0. The molecule has 0 saturated carbocycles. The molecule has 2 aliphatic rings. The third kappa shape index (κ3) is 5.95. The fourth-order valence-electron chi connectivity index (χ4n) is 1.51. The molecule has 0 aromatic heterocycles. The van der Waals surface area contributed by atoms with Gasteiger partial charge >= 0.3 is 21.1 Å². The zero-order chi connectivity index (χ0) is 10.2. The predicted molar refractivity (Wildman–Crippen MR) is 66.5 cm³/mol. The summed E-state index contributed by atoms with van der Waals surface area (Å²) in [5, 5.41) is 0. The average Bonchev–Trinajstić information content (AvgIpc) is 2.92. The molecule has 0 fully saturated rings. The molecule has 0 N–H and O–H groups in total. The van der Waals surface area contributed by atoms with Gasteiger partial charge in [-0.2, -0.15) is 0 Å². The van der Waals surface area contributed by atoms with Crippen molar-refractivity contribution in [3.8, 4) is 0 Å². The Morgan fingerprint density at radius 2 is 1.33 bits per heavy atom. The second-order valence-corrected chi connectivity index (χ2v) is 3.62. The van der Waals surface area contributed by atoms with Crippen LogP contribution in [0.4, 0.5) is 0 Å². The smallest absolute Gasteiger partial charge is 1.00 e. The number of rotatable bonds is 2. The first-order valence-corrected chi connectivity index (χ1v) is 5.56. The van der Waals surface area contributed by atoms with Crippen LogP contribution in [0.5, 0.6) is 0 Å². The van der Waals surface area contributed by atoms with Gasteiger partial charge in [0.05, 0.1) is 0 Å². The second kappa shape index (κ2) is 8.92. The van der Waals surface area contributed by atoms with E-state index in [2.05, 4.69) is 50.3 Å². The molecule has 0 unspecified atom stereocenters. The first-order valence-electron chi connectivity index (χ1n) is 5.56. The van der Waals surface area contributed by atoms with Gasteiger partial charge in [0.1, 0.15) is 0 Å². The quantitative estimate of drug-likeness (QED) is 0.652. The normalized spacial score (nSPS) is 16.4. The molecule has 0 aromatic rings. The molecule has 0 aliphatic heterocycles. The van der Waals surface area contributed by atoms with E-state index in [9.17, 15) is 0 Å². The standard InChI is InChI=1S/2C7H10.W.2H/c2*1-2-7-5-3-4-6-7;;;/h2*3-5H,2,6H2,1H3;;;/q;;+2;2*-1. The number of hydrogen-bond acceptors (Lipinski definition) is 0. The van der Waals surface area contributed by atoms with E-state index in [0.29, 0.717) is 0 Å². The Hall–Kier alpha value is -0.352. The minimum Gasteiger partial charge on any atom is -1.00 e.